The highest BCUT2D eigenvalue weighted by Gasteiger charge is 2.26. The number of hydrogen-bond acceptors (Lipinski definition) is 4. The highest BCUT2D eigenvalue weighted by molar-refractivity contribution is 6.32. The second-order valence-electron chi connectivity index (χ2n) is 5.79. The Hall–Kier alpha value is -2.18. The Bertz CT molecular complexity index is 834. The van der Waals surface area contributed by atoms with Gasteiger partial charge in [0.1, 0.15) is 0 Å². The van der Waals surface area contributed by atoms with Crippen molar-refractivity contribution in [3.63, 3.8) is 0 Å². The largest absolute Gasteiger partial charge is 0.375 e. The molecule has 1 aliphatic rings. The van der Waals surface area contributed by atoms with Gasteiger partial charge in [-0.2, -0.15) is 5.10 Å². The standard InChI is InChI=1S/C17H18ClN3O3/c1-11-9-15(22)16(17(23)20-7-8-24-12(2)10-20)19-21(11)14-6-4-3-5-13(14)18/h3-6,9,12H,7-8,10H2,1-2H3/t12-/m0/s1. The molecule has 1 aromatic carbocycles. The van der Waals surface area contributed by atoms with Crippen molar-refractivity contribution in [3.8, 4) is 5.69 Å². The van der Waals surface area contributed by atoms with Crippen LogP contribution in [-0.2, 0) is 4.74 Å². The number of ether oxygens (including phenoxy) is 1. The summed E-state index contributed by atoms with van der Waals surface area (Å²) in [5, 5.41) is 4.79. The number of carbonyl (C=O) groups excluding carboxylic acids is 1. The van der Waals surface area contributed by atoms with Gasteiger partial charge in [0.15, 0.2) is 5.69 Å². The lowest BCUT2D eigenvalue weighted by Crippen LogP contribution is -2.46. The molecule has 2 heterocycles. The molecule has 24 heavy (non-hydrogen) atoms. The minimum atomic E-state index is -0.389. The molecule has 1 aromatic heterocycles. The van der Waals surface area contributed by atoms with Crippen LogP contribution in [0, 0.1) is 6.92 Å². The van der Waals surface area contributed by atoms with Gasteiger partial charge < -0.3 is 9.64 Å². The van der Waals surface area contributed by atoms with E-state index in [0.29, 0.717) is 36.1 Å². The van der Waals surface area contributed by atoms with Gasteiger partial charge in [-0.25, -0.2) is 4.68 Å². The van der Waals surface area contributed by atoms with E-state index in [9.17, 15) is 9.59 Å². The van der Waals surface area contributed by atoms with Crippen molar-refractivity contribution in [3.05, 3.63) is 57.0 Å². The molecule has 1 fully saturated rings. The number of carbonyl (C=O) groups is 1. The Labute approximate surface area is 144 Å². The fraction of sp³-hybridized carbons (Fsp3) is 0.353. The lowest BCUT2D eigenvalue weighted by atomic mass is 10.2. The third kappa shape index (κ3) is 3.20. The number of halogens is 1. The maximum absolute atomic E-state index is 12.7. The molecule has 0 radical (unpaired) electrons. The molecule has 0 bridgehead atoms. The van der Waals surface area contributed by atoms with E-state index in [2.05, 4.69) is 5.10 Å². The van der Waals surface area contributed by atoms with Crippen LogP contribution in [0.15, 0.2) is 35.1 Å². The molecule has 3 rings (SSSR count). The van der Waals surface area contributed by atoms with E-state index in [-0.39, 0.29) is 23.1 Å². The highest BCUT2D eigenvalue weighted by Crippen LogP contribution is 2.20. The smallest absolute Gasteiger partial charge is 0.278 e. The van der Waals surface area contributed by atoms with E-state index in [0.717, 1.165) is 0 Å². The van der Waals surface area contributed by atoms with E-state index < -0.39 is 0 Å². The molecule has 7 heteroatoms. The van der Waals surface area contributed by atoms with Crippen molar-refractivity contribution in [1.82, 2.24) is 14.7 Å². The van der Waals surface area contributed by atoms with Crippen LogP contribution in [0.5, 0.6) is 0 Å². The first kappa shape index (κ1) is 16.7. The van der Waals surface area contributed by atoms with Gasteiger partial charge in [0.2, 0.25) is 5.43 Å². The molecule has 0 spiro atoms. The molecule has 6 nitrogen and oxygen atoms in total. The van der Waals surface area contributed by atoms with E-state index in [1.54, 1.807) is 24.0 Å². The lowest BCUT2D eigenvalue weighted by Gasteiger charge is -2.30. The molecule has 126 valence electrons. The Morgan fingerprint density at radius 2 is 2.12 bits per heavy atom. The molecule has 1 amide bonds. The monoisotopic (exact) mass is 347 g/mol. The number of nitrogens with zero attached hydrogens (tertiary/aromatic N) is 3. The molecule has 0 aliphatic carbocycles. The number of para-hydroxylation sites is 1. The fourth-order valence-electron chi connectivity index (χ4n) is 2.72. The quantitative estimate of drug-likeness (QED) is 0.834. The van der Waals surface area contributed by atoms with Gasteiger partial charge in [0.05, 0.1) is 23.4 Å². The summed E-state index contributed by atoms with van der Waals surface area (Å²) >= 11 is 6.22. The van der Waals surface area contributed by atoms with E-state index in [4.69, 9.17) is 16.3 Å². The zero-order valence-electron chi connectivity index (χ0n) is 13.5. The second-order valence-corrected chi connectivity index (χ2v) is 6.20. The second kappa shape index (κ2) is 6.75. The van der Waals surface area contributed by atoms with Crippen LogP contribution in [0.1, 0.15) is 23.1 Å². The molecule has 1 aliphatic heterocycles. The van der Waals surface area contributed by atoms with Gasteiger partial charge in [-0.05, 0) is 26.0 Å². The summed E-state index contributed by atoms with van der Waals surface area (Å²) in [5.74, 6) is -0.379. The van der Waals surface area contributed by atoms with Crippen LogP contribution in [0.4, 0.5) is 0 Å². The fourth-order valence-corrected chi connectivity index (χ4v) is 2.93. The average Bonchev–Trinajstić information content (AvgIpc) is 2.55. The number of aromatic nitrogens is 2. The van der Waals surface area contributed by atoms with Gasteiger partial charge in [-0.3, -0.25) is 9.59 Å². The minimum Gasteiger partial charge on any atom is -0.375 e. The minimum absolute atomic E-state index is 0.0565. The Morgan fingerprint density at radius 3 is 2.83 bits per heavy atom. The molecule has 0 N–H and O–H groups in total. The van der Waals surface area contributed by atoms with Gasteiger partial charge in [0.25, 0.3) is 5.91 Å². The van der Waals surface area contributed by atoms with Crippen LogP contribution < -0.4 is 5.43 Å². The van der Waals surface area contributed by atoms with Crippen LogP contribution in [-0.4, -0.2) is 46.4 Å². The number of aryl methyl sites for hydroxylation is 1. The van der Waals surface area contributed by atoms with Gasteiger partial charge in [-0.1, -0.05) is 23.7 Å². The Balaban J connectivity index is 2.03. The van der Waals surface area contributed by atoms with Crippen LogP contribution in [0.2, 0.25) is 5.02 Å². The lowest BCUT2D eigenvalue weighted by molar-refractivity contribution is -0.0127. The molecular weight excluding hydrogens is 330 g/mol. The van der Waals surface area contributed by atoms with Gasteiger partial charge in [0, 0.05) is 24.8 Å². The maximum Gasteiger partial charge on any atom is 0.278 e. The average molecular weight is 348 g/mol. The summed E-state index contributed by atoms with van der Waals surface area (Å²) in [6.45, 7) is 4.99. The van der Waals surface area contributed by atoms with Crippen LogP contribution in [0.25, 0.3) is 5.69 Å². The van der Waals surface area contributed by atoms with Gasteiger partial charge >= 0.3 is 0 Å². The zero-order valence-corrected chi connectivity index (χ0v) is 14.3. The first-order valence-electron chi connectivity index (χ1n) is 7.74. The zero-order chi connectivity index (χ0) is 17.3. The summed E-state index contributed by atoms with van der Waals surface area (Å²) in [5.41, 5.74) is 0.746. The predicted molar refractivity (Wildman–Crippen MR) is 90.9 cm³/mol. The van der Waals surface area contributed by atoms with Crippen molar-refractivity contribution in [1.29, 1.82) is 0 Å². The summed E-state index contributed by atoms with van der Waals surface area (Å²) in [6, 6.07) is 8.57. The first-order chi connectivity index (χ1) is 11.5. The van der Waals surface area contributed by atoms with Crippen molar-refractivity contribution in [2.45, 2.75) is 20.0 Å². The number of rotatable bonds is 2. The van der Waals surface area contributed by atoms with E-state index in [1.807, 2.05) is 19.1 Å². The SMILES string of the molecule is Cc1cc(=O)c(C(=O)N2CCO[C@@H](C)C2)nn1-c1ccccc1Cl. The highest BCUT2D eigenvalue weighted by atomic mass is 35.5. The third-order valence-electron chi connectivity index (χ3n) is 3.92. The Kier molecular flexibility index (Phi) is 4.69. The molecule has 0 saturated carbocycles. The topological polar surface area (TPSA) is 64.4 Å². The number of amides is 1. The summed E-state index contributed by atoms with van der Waals surface area (Å²) in [6.07, 6.45) is -0.0565. The molecule has 1 atom stereocenters. The number of benzene rings is 1. The van der Waals surface area contributed by atoms with Crippen LogP contribution >= 0.6 is 11.6 Å². The normalized spacial score (nSPS) is 17.8. The molecule has 2 aromatic rings. The molecular formula is C17H18ClN3O3. The van der Waals surface area contributed by atoms with Crippen molar-refractivity contribution in [2.24, 2.45) is 0 Å². The maximum atomic E-state index is 12.7. The van der Waals surface area contributed by atoms with Crippen LogP contribution in [0.3, 0.4) is 0 Å². The predicted octanol–water partition coefficient (Wildman–Crippen LogP) is 2.06. The summed E-state index contributed by atoms with van der Waals surface area (Å²) in [7, 11) is 0. The van der Waals surface area contributed by atoms with Crippen molar-refractivity contribution in [2.75, 3.05) is 19.7 Å². The molecule has 0 unspecified atom stereocenters. The van der Waals surface area contributed by atoms with Gasteiger partial charge in [-0.15, -0.1) is 0 Å². The molecule has 1 saturated heterocycles. The summed E-state index contributed by atoms with van der Waals surface area (Å²) in [4.78, 5) is 26.6. The number of morpholine rings is 1. The van der Waals surface area contributed by atoms with E-state index >= 15 is 0 Å². The van der Waals surface area contributed by atoms with Crippen molar-refractivity contribution >= 4 is 17.5 Å². The van der Waals surface area contributed by atoms with Crippen molar-refractivity contribution < 1.29 is 9.53 Å². The first-order valence-corrected chi connectivity index (χ1v) is 8.12. The summed E-state index contributed by atoms with van der Waals surface area (Å²) < 4.78 is 6.97. The Morgan fingerprint density at radius 1 is 1.38 bits per heavy atom. The number of hydrogen-bond donors (Lipinski definition) is 0. The van der Waals surface area contributed by atoms with E-state index in [1.165, 1.54) is 10.7 Å². The third-order valence-corrected chi connectivity index (χ3v) is 4.24.